The fourth-order valence-corrected chi connectivity index (χ4v) is 3.63. The van der Waals surface area contributed by atoms with Gasteiger partial charge in [-0.15, -0.1) is 0 Å². The van der Waals surface area contributed by atoms with Crippen LogP contribution >= 0.6 is 0 Å². The number of aromatic amines is 1. The number of phenols is 2. The highest BCUT2D eigenvalue weighted by atomic mass is 19.1. The summed E-state index contributed by atoms with van der Waals surface area (Å²) in [6.07, 6.45) is 2.05. The summed E-state index contributed by atoms with van der Waals surface area (Å²) >= 11 is 0. The molecule has 0 saturated heterocycles. The average molecular weight is 410 g/mol. The molecule has 0 aliphatic rings. The van der Waals surface area contributed by atoms with Gasteiger partial charge in [0.15, 0.2) is 0 Å². The fraction of sp³-hybridized carbons (Fsp3) is 0.182. The maximum Gasteiger partial charge on any atom is 0.340 e. The van der Waals surface area contributed by atoms with E-state index in [1.807, 2.05) is 0 Å². The number of carbonyl (C=O) groups excluding carboxylic acids is 1. The van der Waals surface area contributed by atoms with Gasteiger partial charge in [-0.05, 0) is 42.7 Å². The average Bonchev–Trinajstić information content (AvgIpc) is 3.06. The maximum absolute atomic E-state index is 13.5. The Kier molecular flexibility index (Phi) is 4.91. The van der Waals surface area contributed by atoms with Crippen LogP contribution in [-0.2, 0) is 17.6 Å². The first kappa shape index (κ1) is 19.5. The maximum atomic E-state index is 13.5. The Labute approximate surface area is 169 Å². The molecular weight excluding hydrogens is 391 g/mol. The second-order valence-electron chi connectivity index (χ2n) is 7.11. The monoisotopic (exact) mass is 410 g/mol. The van der Waals surface area contributed by atoms with Crippen LogP contribution in [0.25, 0.3) is 21.9 Å². The summed E-state index contributed by atoms with van der Waals surface area (Å²) < 4.78 is 18.6. The Morgan fingerprint density at radius 1 is 1.23 bits per heavy atom. The number of nitrogens with one attached hydrogen (secondary N) is 2. The van der Waals surface area contributed by atoms with Crippen molar-refractivity contribution in [1.29, 1.82) is 0 Å². The van der Waals surface area contributed by atoms with Crippen molar-refractivity contribution in [3.05, 3.63) is 69.5 Å². The van der Waals surface area contributed by atoms with Gasteiger partial charge in [0.05, 0.1) is 17.4 Å². The highest BCUT2D eigenvalue weighted by molar-refractivity contribution is 5.90. The van der Waals surface area contributed by atoms with E-state index in [0.717, 1.165) is 22.5 Å². The van der Waals surface area contributed by atoms with Gasteiger partial charge >= 0.3 is 5.63 Å². The molecule has 4 rings (SSSR count). The molecule has 2 aromatic heterocycles. The Hall–Kier alpha value is -3.81. The van der Waals surface area contributed by atoms with Gasteiger partial charge in [0, 0.05) is 35.8 Å². The second-order valence-corrected chi connectivity index (χ2v) is 7.11. The molecule has 0 unspecified atom stereocenters. The van der Waals surface area contributed by atoms with Gasteiger partial charge in [0.2, 0.25) is 5.91 Å². The molecule has 0 radical (unpaired) electrons. The van der Waals surface area contributed by atoms with Crippen molar-refractivity contribution in [1.82, 2.24) is 10.3 Å². The van der Waals surface area contributed by atoms with E-state index in [0.29, 0.717) is 18.5 Å². The Balaban J connectivity index is 1.48. The minimum atomic E-state index is -0.702. The molecule has 0 spiro atoms. The van der Waals surface area contributed by atoms with Gasteiger partial charge in [-0.2, -0.15) is 0 Å². The number of halogens is 1. The van der Waals surface area contributed by atoms with E-state index in [1.54, 1.807) is 19.2 Å². The van der Waals surface area contributed by atoms with Crippen LogP contribution in [0.2, 0.25) is 0 Å². The Bertz CT molecular complexity index is 1340. The topological polar surface area (TPSA) is 116 Å². The highest BCUT2D eigenvalue weighted by Crippen LogP contribution is 2.32. The van der Waals surface area contributed by atoms with Crippen molar-refractivity contribution < 1.29 is 23.8 Å². The predicted molar refractivity (Wildman–Crippen MR) is 109 cm³/mol. The molecule has 1 amide bonds. The number of aromatic hydroxyl groups is 2. The van der Waals surface area contributed by atoms with Crippen LogP contribution in [0.4, 0.5) is 4.39 Å². The van der Waals surface area contributed by atoms with E-state index < -0.39 is 5.63 Å². The summed E-state index contributed by atoms with van der Waals surface area (Å²) in [6, 6.07) is 6.85. The van der Waals surface area contributed by atoms with Crippen LogP contribution in [0.5, 0.6) is 11.5 Å². The molecule has 2 heterocycles. The van der Waals surface area contributed by atoms with E-state index in [4.69, 9.17) is 4.42 Å². The largest absolute Gasteiger partial charge is 0.508 e. The lowest BCUT2D eigenvalue weighted by molar-refractivity contribution is -0.120. The molecule has 0 saturated carbocycles. The van der Waals surface area contributed by atoms with Crippen LogP contribution in [0.15, 0.2) is 45.7 Å². The summed E-state index contributed by atoms with van der Waals surface area (Å²) in [5, 5.41) is 23.4. The molecule has 0 bridgehead atoms. The molecule has 8 heteroatoms. The number of phenolic OH excluding ortho intramolecular Hbond substituents is 2. The van der Waals surface area contributed by atoms with Gasteiger partial charge in [0.1, 0.15) is 22.9 Å². The van der Waals surface area contributed by atoms with Gasteiger partial charge in [0.25, 0.3) is 0 Å². The zero-order valence-electron chi connectivity index (χ0n) is 16.1. The second kappa shape index (κ2) is 7.55. The van der Waals surface area contributed by atoms with Crippen molar-refractivity contribution >= 4 is 27.8 Å². The lowest BCUT2D eigenvalue weighted by Crippen LogP contribution is -2.29. The number of carbonyl (C=O) groups is 1. The Morgan fingerprint density at radius 2 is 2.03 bits per heavy atom. The van der Waals surface area contributed by atoms with Gasteiger partial charge in [-0.1, -0.05) is 0 Å². The number of benzene rings is 2. The molecule has 0 aliphatic heterocycles. The van der Waals surface area contributed by atoms with Gasteiger partial charge in [-0.3, -0.25) is 4.79 Å². The van der Waals surface area contributed by atoms with E-state index in [1.165, 1.54) is 18.2 Å². The highest BCUT2D eigenvalue weighted by Gasteiger charge is 2.18. The van der Waals surface area contributed by atoms with E-state index in [9.17, 15) is 24.2 Å². The van der Waals surface area contributed by atoms with Crippen LogP contribution in [0.1, 0.15) is 16.7 Å². The number of amides is 1. The molecule has 7 nitrogen and oxygen atoms in total. The summed E-state index contributed by atoms with van der Waals surface area (Å²) in [5.41, 5.74) is 1.58. The quantitative estimate of drug-likeness (QED) is 0.378. The smallest absolute Gasteiger partial charge is 0.340 e. The summed E-state index contributed by atoms with van der Waals surface area (Å²) in [5.74, 6) is -1.18. The Morgan fingerprint density at radius 3 is 2.83 bits per heavy atom. The molecule has 4 aromatic rings. The van der Waals surface area contributed by atoms with Crippen molar-refractivity contribution in [2.75, 3.05) is 6.54 Å². The summed E-state index contributed by atoms with van der Waals surface area (Å²) in [6.45, 7) is 1.92. The third-order valence-corrected chi connectivity index (χ3v) is 5.13. The van der Waals surface area contributed by atoms with E-state index in [2.05, 4.69) is 10.3 Å². The molecule has 0 aliphatic carbocycles. The van der Waals surface area contributed by atoms with Crippen LogP contribution in [0.3, 0.4) is 0 Å². The number of hydrogen-bond donors (Lipinski definition) is 4. The lowest BCUT2D eigenvalue weighted by atomic mass is 10.0. The normalized spacial score (nSPS) is 11.3. The van der Waals surface area contributed by atoms with Crippen molar-refractivity contribution in [2.24, 2.45) is 0 Å². The van der Waals surface area contributed by atoms with Crippen molar-refractivity contribution in [3.63, 3.8) is 0 Å². The molecule has 154 valence electrons. The SMILES string of the molecule is Cc1c(CC(=O)NCCc2c[nH]c3ccc(F)cc23)c(=O)oc2cc(O)cc(O)c12. The number of rotatable bonds is 5. The zero-order valence-corrected chi connectivity index (χ0v) is 16.1. The van der Waals surface area contributed by atoms with E-state index >= 15 is 0 Å². The first-order chi connectivity index (χ1) is 14.3. The molecular formula is C22H19FN2O5. The summed E-state index contributed by atoms with van der Waals surface area (Å²) in [7, 11) is 0. The van der Waals surface area contributed by atoms with Crippen LogP contribution < -0.4 is 10.9 Å². The number of hydrogen-bond acceptors (Lipinski definition) is 5. The van der Waals surface area contributed by atoms with Gasteiger partial charge < -0.3 is 24.9 Å². The van der Waals surface area contributed by atoms with Crippen molar-refractivity contribution in [2.45, 2.75) is 19.8 Å². The standard InChI is InChI=1S/C22H19FN2O5/c1-11-15(22(29)30-19-8-14(26)7-18(27)21(11)19)9-20(28)24-5-4-12-10-25-17-3-2-13(23)6-16(12)17/h2-3,6-8,10,25-27H,4-5,9H2,1H3,(H,24,28). The van der Waals surface area contributed by atoms with Gasteiger partial charge in [-0.25, -0.2) is 9.18 Å². The molecule has 0 fully saturated rings. The minimum Gasteiger partial charge on any atom is -0.508 e. The fourth-order valence-electron chi connectivity index (χ4n) is 3.63. The molecule has 4 N–H and O–H groups in total. The molecule has 30 heavy (non-hydrogen) atoms. The minimum absolute atomic E-state index is 0.0470. The number of aryl methyl sites for hydroxylation is 1. The first-order valence-electron chi connectivity index (χ1n) is 9.34. The zero-order chi connectivity index (χ0) is 21.4. The molecule has 2 aromatic carbocycles. The van der Waals surface area contributed by atoms with Crippen LogP contribution in [0, 0.1) is 12.7 Å². The van der Waals surface area contributed by atoms with Crippen molar-refractivity contribution in [3.8, 4) is 11.5 Å². The number of fused-ring (bicyclic) bond motifs is 2. The number of H-pyrrole nitrogens is 1. The third kappa shape index (κ3) is 3.59. The van der Waals surface area contributed by atoms with Crippen LogP contribution in [-0.4, -0.2) is 27.6 Å². The predicted octanol–water partition coefficient (Wildman–Crippen LogP) is 3.03. The summed E-state index contributed by atoms with van der Waals surface area (Å²) in [4.78, 5) is 27.7. The number of aromatic nitrogens is 1. The molecule has 0 atom stereocenters. The third-order valence-electron chi connectivity index (χ3n) is 5.13. The first-order valence-corrected chi connectivity index (χ1v) is 9.34. The lowest BCUT2D eigenvalue weighted by Gasteiger charge is -2.10. The van der Waals surface area contributed by atoms with E-state index in [-0.39, 0.29) is 46.2 Å².